The number of halogens is 1. The number of nitrogens with zero attached hydrogens (tertiary/aromatic N) is 2. The lowest BCUT2D eigenvalue weighted by molar-refractivity contribution is -0.0268. The summed E-state index contributed by atoms with van der Waals surface area (Å²) in [5, 5.41) is 4.42. The van der Waals surface area contributed by atoms with Crippen LogP contribution in [0.3, 0.4) is 0 Å². The molecule has 3 aliphatic heterocycles. The van der Waals surface area contributed by atoms with E-state index in [0.717, 1.165) is 16.7 Å². The molecular weight excluding hydrogens is 328 g/mol. The molecule has 0 atom stereocenters. The SMILES string of the molecule is CC1(N2CC=C3C=C(Br)C=CN32)CCS(=O)(=O)CC1. The monoisotopic (exact) mass is 344 g/mol. The number of allylic oxidation sites excluding steroid dienone is 3. The van der Waals surface area contributed by atoms with E-state index in [1.54, 1.807) is 0 Å². The molecule has 19 heavy (non-hydrogen) atoms. The molecule has 0 saturated carbocycles. The van der Waals surface area contributed by atoms with Crippen LogP contribution in [0.5, 0.6) is 0 Å². The molecule has 0 unspecified atom stereocenters. The first kappa shape index (κ1) is 13.4. The second kappa shape index (κ2) is 4.46. The standard InChI is InChI=1S/C13H17BrN2O2S/c1-13(4-8-19(17,18)9-5-13)16-7-3-12-10-11(14)2-6-15(12)16/h2-3,6,10H,4-5,7-9H2,1H3. The van der Waals surface area contributed by atoms with Gasteiger partial charge >= 0.3 is 0 Å². The molecule has 3 rings (SSSR count). The Balaban J connectivity index is 1.80. The van der Waals surface area contributed by atoms with Gasteiger partial charge in [0.2, 0.25) is 0 Å². The summed E-state index contributed by atoms with van der Waals surface area (Å²) in [4.78, 5) is 0. The summed E-state index contributed by atoms with van der Waals surface area (Å²) in [5.74, 6) is 0.596. The summed E-state index contributed by atoms with van der Waals surface area (Å²) in [6.07, 6.45) is 9.72. The molecule has 0 spiro atoms. The van der Waals surface area contributed by atoms with Crippen LogP contribution in [0.2, 0.25) is 0 Å². The number of rotatable bonds is 1. The van der Waals surface area contributed by atoms with Crippen LogP contribution >= 0.6 is 15.9 Å². The number of fused-ring (bicyclic) bond motifs is 1. The van der Waals surface area contributed by atoms with Crippen LogP contribution in [0.1, 0.15) is 19.8 Å². The van der Waals surface area contributed by atoms with Crippen molar-refractivity contribution >= 4 is 25.8 Å². The van der Waals surface area contributed by atoms with Crippen molar-refractivity contribution in [3.8, 4) is 0 Å². The Hall–Kier alpha value is -0.590. The van der Waals surface area contributed by atoms with Gasteiger partial charge in [0.1, 0.15) is 9.84 Å². The molecule has 4 nitrogen and oxygen atoms in total. The predicted octanol–water partition coefficient (Wildman–Crippen LogP) is 2.18. The highest BCUT2D eigenvalue weighted by atomic mass is 79.9. The molecule has 3 heterocycles. The fourth-order valence-electron chi connectivity index (χ4n) is 2.84. The summed E-state index contributed by atoms with van der Waals surface area (Å²) in [5.41, 5.74) is 1.08. The third-order valence-corrected chi connectivity index (χ3v) is 6.33. The summed E-state index contributed by atoms with van der Waals surface area (Å²) < 4.78 is 24.3. The molecule has 0 aromatic carbocycles. The van der Waals surface area contributed by atoms with E-state index >= 15 is 0 Å². The zero-order chi connectivity index (χ0) is 13.7. The molecule has 0 aromatic heterocycles. The maximum absolute atomic E-state index is 11.6. The van der Waals surface area contributed by atoms with E-state index in [0.29, 0.717) is 24.3 Å². The maximum atomic E-state index is 11.6. The summed E-state index contributed by atoms with van der Waals surface area (Å²) in [6.45, 7) is 3.01. The molecule has 3 aliphatic rings. The lowest BCUT2D eigenvalue weighted by Gasteiger charge is -2.46. The van der Waals surface area contributed by atoms with E-state index in [1.807, 2.05) is 12.3 Å². The third kappa shape index (κ3) is 2.41. The molecule has 0 aliphatic carbocycles. The van der Waals surface area contributed by atoms with Crippen LogP contribution in [0, 0.1) is 0 Å². The average molecular weight is 345 g/mol. The van der Waals surface area contributed by atoms with Crippen molar-refractivity contribution in [2.75, 3.05) is 18.1 Å². The van der Waals surface area contributed by atoms with Crippen molar-refractivity contribution in [2.24, 2.45) is 0 Å². The summed E-state index contributed by atoms with van der Waals surface area (Å²) in [6, 6.07) is 0. The van der Waals surface area contributed by atoms with Crippen LogP contribution in [-0.2, 0) is 9.84 Å². The normalized spacial score (nSPS) is 28.8. The third-order valence-electron chi connectivity index (χ3n) is 4.19. The summed E-state index contributed by atoms with van der Waals surface area (Å²) >= 11 is 3.48. The molecule has 1 saturated heterocycles. The Morgan fingerprint density at radius 1 is 1.32 bits per heavy atom. The van der Waals surface area contributed by atoms with Gasteiger partial charge in [0, 0.05) is 22.8 Å². The zero-order valence-electron chi connectivity index (χ0n) is 10.8. The topological polar surface area (TPSA) is 40.6 Å². The van der Waals surface area contributed by atoms with Crippen LogP contribution in [0.15, 0.2) is 34.6 Å². The predicted molar refractivity (Wildman–Crippen MR) is 79.1 cm³/mol. The first-order chi connectivity index (χ1) is 8.90. The van der Waals surface area contributed by atoms with Crippen LogP contribution in [0.4, 0.5) is 0 Å². The van der Waals surface area contributed by atoms with Gasteiger partial charge in [-0.15, -0.1) is 0 Å². The van der Waals surface area contributed by atoms with Crippen LogP contribution < -0.4 is 0 Å². The fraction of sp³-hybridized carbons (Fsp3) is 0.538. The Bertz CT molecular complexity index is 578. The largest absolute Gasteiger partial charge is 0.281 e. The van der Waals surface area contributed by atoms with E-state index in [-0.39, 0.29) is 5.54 Å². The van der Waals surface area contributed by atoms with Crippen molar-refractivity contribution in [1.82, 2.24) is 10.0 Å². The van der Waals surface area contributed by atoms with Gasteiger partial charge in [-0.25, -0.2) is 13.4 Å². The minimum absolute atomic E-state index is 0.0778. The van der Waals surface area contributed by atoms with Gasteiger partial charge < -0.3 is 0 Å². The number of hydrogen-bond donors (Lipinski definition) is 0. The second-order valence-electron chi connectivity index (χ2n) is 5.55. The van der Waals surface area contributed by atoms with Crippen molar-refractivity contribution < 1.29 is 8.42 Å². The van der Waals surface area contributed by atoms with Gasteiger partial charge in [-0.05, 0) is 38.0 Å². The zero-order valence-corrected chi connectivity index (χ0v) is 13.2. The van der Waals surface area contributed by atoms with E-state index < -0.39 is 9.84 Å². The highest BCUT2D eigenvalue weighted by molar-refractivity contribution is 9.11. The Morgan fingerprint density at radius 3 is 2.68 bits per heavy atom. The number of sulfone groups is 1. The van der Waals surface area contributed by atoms with Crippen molar-refractivity contribution in [1.29, 1.82) is 0 Å². The number of hydrogen-bond acceptors (Lipinski definition) is 4. The molecule has 104 valence electrons. The first-order valence-corrected chi connectivity index (χ1v) is 9.04. The van der Waals surface area contributed by atoms with Crippen LogP contribution in [0.25, 0.3) is 0 Å². The molecular formula is C13H17BrN2O2S. The van der Waals surface area contributed by atoms with Gasteiger partial charge in [0.15, 0.2) is 0 Å². The Morgan fingerprint density at radius 2 is 2.00 bits per heavy atom. The van der Waals surface area contributed by atoms with Crippen molar-refractivity contribution in [2.45, 2.75) is 25.3 Å². The molecule has 0 radical (unpaired) electrons. The molecule has 0 amide bonds. The smallest absolute Gasteiger partial charge is 0.150 e. The average Bonchev–Trinajstić information content (AvgIpc) is 2.77. The second-order valence-corrected chi connectivity index (χ2v) is 8.77. The summed E-state index contributed by atoms with van der Waals surface area (Å²) in [7, 11) is -2.82. The van der Waals surface area contributed by atoms with Crippen molar-refractivity contribution in [3.05, 3.63) is 34.6 Å². The maximum Gasteiger partial charge on any atom is 0.150 e. The van der Waals surface area contributed by atoms with Crippen molar-refractivity contribution in [3.63, 3.8) is 0 Å². The quantitative estimate of drug-likeness (QED) is 0.730. The molecule has 0 N–H and O–H groups in total. The van der Waals surface area contributed by atoms with Gasteiger partial charge in [-0.1, -0.05) is 15.9 Å². The molecule has 0 aromatic rings. The first-order valence-electron chi connectivity index (χ1n) is 6.42. The minimum atomic E-state index is -2.82. The van der Waals surface area contributed by atoms with E-state index in [1.165, 1.54) is 0 Å². The molecule has 0 bridgehead atoms. The lowest BCUT2D eigenvalue weighted by Crippen LogP contribution is -2.54. The van der Waals surface area contributed by atoms with Gasteiger partial charge in [0.25, 0.3) is 0 Å². The Kier molecular flexibility index (Phi) is 3.15. The van der Waals surface area contributed by atoms with Crippen LogP contribution in [-0.4, -0.2) is 42.0 Å². The minimum Gasteiger partial charge on any atom is -0.281 e. The molecule has 6 heteroatoms. The Labute approximate surface area is 122 Å². The van der Waals surface area contributed by atoms with E-state index in [2.05, 4.69) is 45.0 Å². The highest BCUT2D eigenvalue weighted by Crippen LogP contribution is 2.37. The van der Waals surface area contributed by atoms with E-state index in [4.69, 9.17) is 0 Å². The number of hydrazine groups is 1. The lowest BCUT2D eigenvalue weighted by atomic mass is 9.94. The van der Waals surface area contributed by atoms with Gasteiger partial charge in [-0.3, -0.25) is 5.01 Å². The molecule has 1 fully saturated rings. The van der Waals surface area contributed by atoms with Gasteiger partial charge in [0.05, 0.1) is 17.2 Å². The highest BCUT2D eigenvalue weighted by Gasteiger charge is 2.42. The fourth-order valence-corrected chi connectivity index (χ4v) is 4.90. The van der Waals surface area contributed by atoms with E-state index in [9.17, 15) is 8.42 Å². The van der Waals surface area contributed by atoms with Gasteiger partial charge in [-0.2, -0.15) is 0 Å².